The van der Waals surface area contributed by atoms with Gasteiger partial charge in [-0.05, 0) is 49.9 Å². The molecule has 30 heavy (non-hydrogen) atoms. The number of carbonyl (C=O) groups is 3. The van der Waals surface area contributed by atoms with Gasteiger partial charge < -0.3 is 15.7 Å². The highest BCUT2D eigenvalue weighted by molar-refractivity contribution is 7.16. The molecule has 2 aromatic rings. The Labute approximate surface area is 184 Å². The molecular formula is C22H25ClN2O4S. The van der Waals surface area contributed by atoms with E-state index >= 15 is 0 Å². The van der Waals surface area contributed by atoms with Gasteiger partial charge in [-0.3, -0.25) is 14.4 Å². The van der Waals surface area contributed by atoms with Gasteiger partial charge in [-0.25, -0.2) is 0 Å². The summed E-state index contributed by atoms with van der Waals surface area (Å²) in [5, 5.41) is 16.2. The number of benzene rings is 1. The molecule has 0 saturated heterocycles. The second kappa shape index (κ2) is 9.62. The quantitative estimate of drug-likeness (QED) is 0.554. The van der Waals surface area contributed by atoms with Crippen molar-refractivity contribution >= 4 is 51.4 Å². The number of carbonyl (C=O) groups excluding carboxylic acids is 2. The first-order valence-corrected chi connectivity index (χ1v) is 11.2. The van der Waals surface area contributed by atoms with Crippen LogP contribution in [0.3, 0.4) is 0 Å². The Balaban J connectivity index is 1.87. The highest BCUT2D eigenvalue weighted by Gasteiger charge is 2.36. The number of amides is 2. The summed E-state index contributed by atoms with van der Waals surface area (Å²) in [5.74, 6) is -2.87. The van der Waals surface area contributed by atoms with Crippen molar-refractivity contribution < 1.29 is 19.5 Å². The van der Waals surface area contributed by atoms with Crippen LogP contribution in [-0.2, 0) is 16.0 Å². The summed E-state index contributed by atoms with van der Waals surface area (Å²) in [6.45, 7) is 3.87. The van der Waals surface area contributed by atoms with Gasteiger partial charge in [-0.15, -0.1) is 11.3 Å². The summed E-state index contributed by atoms with van der Waals surface area (Å²) in [6.07, 6.45) is 3.31. The smallest absolute Gasteiger partial charge is 0.307 e. The van der Waals surface area contributed by atoms with Gasteiger partial charge in [-0.1, -0.05) is 37.4 Å². The highest BCUT2D eigenvalue weighted by atomic mass is 35.5. The highest BCUT2D eigenvalue weighted by Crippen LogP contribution is 2.36. The lowest BCUT2D eigenvalue weighted by atomic mass is 9.79. The maximum Gasteiger partial charge on any atom is 0.307 e. The lowest BCUT2D eigenvalue weighted by Gasteiger charge is -2.27. The predicted molar refractivity (Wildman–Crippen MR) is 120 cm³/mol. The van der Waals surface area contributed by atoms with Crippen LogP contribution < -0.4 is 10.6 Å². The van der Waals surface area contributed by atoms with Crippen molar-refractivity contribution in [1.82, 2.24) is 0 Å². The van der Waals surface area contributed by atoms with E-state index in [0.717, 1.165) is 23.3 Å². The van der Waals surface area contributed by atoms with Crippen molar-refractivity contribution in [1.29, 1.82) is 0 Å². The molecule has 2 amide bonds. The van der Waals surface area contributed by atoms with E-state index in [9.17, 15) is 19.5 Å². The van der Waals surface area contributed by atoms with Crippen LogP contribution in [0, 0.1) is 18.8 Å². The third-order valence-corrected chi connectivity index (χ3v) is 6.83. The Hall–Kier alpha value is -2.38. The standard InChI is InChI=1S/C22H25ClN2O4S/c1-3-15-12(2)30-21(18(15)20(27)24-14-8-6-7-13(23)11-14)25-19(26)16-9-4-5-10-17(16)22(28)29/h6-8,11,16-17H,3-5,9-10H2,1-2H3,(H,24,27)(H,25,26)(H,28,29). The molecule has 1 aromatic carbocycles. The summed E-state index contributed by atoms with van der Waals surface area (Å²) >= 11 is 7.35. The van der Waals surface area contributed by atoms with Crippen molar-refractivity contribution in [2.24, 2.45) is 11.8 Å². The zero-order chi connectivity index (χ0) is 21.8. The van der Waals surface area contributed by atoms with Crippen LogP contribution in [-0.4, -0.2) is 22.9 Å². The molecule has 1 aromatic heterocycles. The molecule has 1 fully saturated rings. The summed E-state index contributed by atoms with van der Waals surface area (Å²) < 4.78 is 0. The van der Waals surface area contributed by atoms with E-state index in [2.05, 4.69) is 10.6 Å². The van der Waals surface area contributed by atoms with Crippen molar-refractivity contribution in [3.05, 3.63) is 45.3 Å². The van der Waals surface area contributed by atoms with Crippen molar-refractivity contribution in [3.8, 4) is 0 Å². The molecule has 1 aliphatic carbocycles. The first-order valence-electron chi connectivity index (χ1n) is 10.0. The zero-order valence-electron chi connectivity index (χ0n) is 17.0. The van der Waals surface area contributed by atoms with E-state index in [1.54, 1.807) is 24.3 Å². The van der Waals surface area contributed by atoms with Crippen molar-refractivity contribution in [2.75, 3.05) is 10.6 Å². The van der Waals surface area contributed by atoms with Crippen LogP contribution in [0.15, 0.2) is 24.3 Å². The largest absolute Gasteiger partial charge is 0.481 e. The van der Waals surface area contributed by atoms with Gasteiger partial charge in [0.25, 0.3) is 5.91 Å². The van der Waals surface area contributed by atoms with Gasteiger partial charge in [0, 0.05) is 15.6 Å². The molecule has 160 valence electrons. The SMILES string of the molecule is CCc1c(C)sc(NC(=O)C2CCCCC2C(=O)O)c1C(=O)Nc1cccc(Cl)c1. The average Bonchev–Trinajstić information content (AvgIpc) is 3.02. The third kappa shape index (κ3) is 4.84. The van der Waals surface area contributed by atoms with Crippen LogP contribution in [0.1, 0.15) is 53.4 Å². The van der Waals surface area contributed by atoms with E-state index < -0.39 is 17.8 Å². The minimum absolute atomic E-state index is 0.327. The lowest BCUT2D eigenvalue weighted by Crippen LogP contribution is -2.36. The van der Waals surface area contributed by atoms with Gasteiger partial charge in [0.2, 0.25) is 5.91 Å². The first-order chi connectivity index (χ1) is 14.3. The van der Waals surface area contributed by atoms with Crippen molar-refractivity contribution in [3.63, 3.8) is 0 Å². The average molecular weight is 449 g/mol. The third-order valence-electron chi connectivity index (χ3n) is 5.53. The first kappa shape index (κ1) is 22.3. The second-order valence-corrected chi connectivity index (χ2v) is 9.15. The Morgan fingerprint density at radius 1 is 1.17 bits per heavy atom. The lowest BCUT2D eigenvalue weighted by molar-refractivity contribution is -0.147. The Morgan fingerprint density at radius 3 is 2.50 bits per heavy atom. The number of nitrogens with one attached hydrogen (secondary N) is 2. The molecule has 2 atom stereocenters. The fourth-order valence-electron chi connectivity index (χ4n) is 4.04. The second-order valence-electron chi connectivity index (χ2n) is 7.48. The van der Waals surface area contributed by atoms with Crippen LogP contribution in [0.5, 0.6) is 0 Å². The van der Waals surface area contributed by atoms with E-state index in [1.165, 1.54) is 11.3 Å². The number of anilines is 2. The normalized spacial score (nSPS) is 18.6. The molecule has 1 aliphatic rings. The van der Waals surface area contributed by atoms with Gasteiger partial charge >= 0.3 is 5.97 Å². The minimum Gasteiger partial charge on any atom is -0.481 e. The summed E-state index contributed by atoms with van der Waals surface area (Å²) in [6, 6.07) is 6.86. The van der Waals surface area contributed by atoms with E-state index in [-0.39, 0.29) is 11.8 Å². The van der Waals surface area contributed by atoms with Crippen LogP contribution in [0.2, 0.25) is 5.02 Å². The molecule has 1 heterocycles. The Morgan fingerprint density at radius 2 is 1.87 bits per heavy atom. The van der Waals surface area contributed by atoms with E-state index in [0.29, 0.717) is 40.5 Å². The number of hydrogen-bond acceptors (Lipinski definition) is 4. The van der Waals surface area contributed by atoms with Gasteiger partial charge in [0.15, 0.2) is 0 Å². The number of aryl methyl sites for hydroxylation is 1. The fraction of sp³-hybridized carbons (Fsp3) is 0.409. The topological polar surface area (TPSA) is 95.5 Å². The molecule has 8 heteroatoms. The monoisotopic (exact) mass is 448 g/mol. The maximum absolute atomic E-state index is 13.1. The Kier molecular flexibility index (Phi) is 7.15. The van der Waals surface area contributed by atoms with E-state index in [4.69, 9.17) is 11.6 Å². The molecule has 1 saturated carbocycles. The molecule has 3 rings (SSSR count). The zero-order valence-corrected chi connectivity index (χ0v) is 18.5. The maximum atomic E-state index is 13.1. The molecule has 0 bridgehead atoms. The molecule has 2 unspecified atom stereocenters. The minimum atomic E-state index is -0.939. The molecular weight excluding hydrogens is 424 g/mol. The van der Waals surface area contributed by atoms with Gasteiger partial charge in [-0.2, -0.15) is 0 Å². The number of carboxylic acids is 1. The van der Waals surface area contributed by atoms with Gasteiger partial charge in [0.1, 0.15) is 5.00 Å². The fourth-order valence-corrected chi connectivity index (χ4v) is 5.37. The summed E-state index contributed by atoms with van der Waals surface area (Å²) in [7, 11) is 0. The number of aliphatic carboxylic acids is 1. The molecule has 6 nitrogen and oxygen atoms in total. The van der Waals surface area contributed by atoms with Crippen LogP contribution in [0.4, 0.5) is 10.7 Å². The van der Waals surface area contributed by atoms with Crippen LogP contribution in [0.25, 0.3) is 0 Å². The number of carboxylic acid groups (broad SMARTS) is 1. The summed E-state index contributed by atoms with van der Waals surface area (Å²) in [5.41, 5.74) is 1.86. The number of thiophene rings is 1. The summed E-state index contributed by atoms with van der Waals surface area (Å²) in [4.78, 5) is 38.6. The van der Waals surface area contributed by atoms with Crippen molar-refractivity contribution in [2.45, 2.75) is 46.0 Å². The van der Waals surface area contributed by atoms with Crippen LogP contribution >= 0.6 is 22.9 Å². The molecule has 0 aliphatic heterocycles. The molecule has 3 N–H and O–H groups in total. The predicted octanol–water partition coefficient (Wildman–Crippen LogP) is 5.35. The number of halogens is 1. The number of hydrogen-bond donors (Lipinski definition) is 3. The Bertz CT molecular complexity index is 972. The van der Waals surface area contributed by atoms with E-state index in [1.807, 2.05) is 13.8 Å². The number of rotatable bonds is 6. The molecule has 0 spiro atoms. The molecule has 0 radical (unpaired) electrons. The van der Waals surface area contributed by atoms with Gasteiger partial charge in [0.05, 0.1) is 17.4 Å².